The molecule has 2 N–H and O–H groups in total. The van der Waals surface area contributed by atoms with Crippen LogP contribution >= 0.6 is 15.9 Å². The third-order valence-corrected chi connectivity index (χ3v) is 6.27. The minimum atomic E-state index is -0.436. The number of ether oxygens (including phenoxy) is 1. The predicted octanol–water partition coefficient (Wildman–Crippen LogP) is 5.46. The number of benzene rings is 2. The Bertz CT molecular complexity index is 1040. The summed E-state index contributed by atoms with van der Waals surface area (Å²) in [5.74, 6) is 0.335. The topological polar surface area (TPSA) is 74.4 Å². The van der Waals surface area contributed by atoms with Crippen LogP contribution in [0.25, 0.3) is 10.9 Å². The van der Waals surface area contributed by atoms with Crippen molar-refractivity contribution < 1.29 is 14.3 Å². The Labute approximate surface area is 190 Å². The number of hydrogen-bond acceptors (Lipinski definition) is 4. The molecule has 0 aliphatic carbocycles. The number of piperidine rings is 1. The number of Topliss-reactive ketones (excluding diaryl/α,β-unsaturated/α-hetero) is 1. The van der Waals surface area contributed by atoms with Gasteiger partial charge in [-0.3, -0.25) is 10.1 Å². The minimum Gasteiger partial charge on any atom is -0.449 e. The first-order valence-electron chi connectivity index (χ1n) is 10.6. The van der Waals surface area contributed by atoms with Crippen LogP contribution in [-0.4, -0.2) is 48.0 Å². The molecule has 0 spiro atoms. The molecule has 1 fully saturated rings. The van der Waals surface area contributed by atoms with Gasteiger partial charge in [0, 0.05) is 45.3 Å². The van der Waals surface area contributed by atoms with Crippen LogP contribution in [0.3, 0.4) is 0 Å². The molecule has 0 saturated carbocycles. The van der Waals surface area contributed by atoms with Crippen molar-refractivity contribution in [3.63, 3.8) is 0 Å². The highest BCUT2D eigenvalue weighted by Crippen LogP contribution is 2.23. The number of aromatic nitrogens is 1. The Morgan fingerprint density at radius 3 is 2.65 bits per heavy atom. The van der Waals surface area contributed by atoms with Gasteiger partial charge in [-0.2, -0.15) is 0 Å². The summed E-state index contributed by atoms with van der Waals surface area (Å²) in [5.41, 5.74) is 2.53. The van der Waals surface area contributed by atoms with Gasteiger partial charge in [-0.25, -0.2) is 4.79 Å². The molecular weight excluding hydrogens is 458 g/mol. The quantitative estimate of drug-likeness (QED) is 0.345. The molecule has 162 valence electrons. The van der Waals surface area contributed by atoms with E-state index in [0.717, 1.165) is 65.5 Å². The molecule has 0 radical (unpaired) electrons. The number of likely N-dealkylation sites (tertiary alicyclic amines) is 1. The lowest BCUT2D eigenvalue weighted by atomic mass is 9.89. The molecule has 2 heterocycles. The Kier molecular flexibility index (Phi) is 7.04. The summed E-state index contributed by atoms with van der Waals surface area (Å²) < 4.78 is 6.30. The lowest BCUT2D eigenvalue weighted by Gasteiger charge is -2.31. The molecule has 1 aromatic heterocycles. The van der Waals surface area contributed by atoms with Crippen molar-refractivity contribution in [3.8, 4) is 0 Å². The van der Waals surface area contributed by atoms with Crippen LogP contribution in [0.4, 0.5) is 10.5 Å². The number of aromatic amines is 1. The van der Waals surface area contributed by atoms with Crippen molar-refractivity contribution in [2.45, 2.75) is 19.3 Å². The number of carbonyl (C=O) groups excluding carboxylic acids is 2. The van der Waals surface area contributed by atoms with Gasteiger partial charge in [0.25, 0.3) is 0 Å². The fourth-order valence-electron chi connectivity index (χ4n) is 4.01. The van der Waals surface area contributed by atoms with E-state index in [1.54, 1.807) is 0 Å². The molecule has 1 amide bonds. The monoisotopic (exact) mass is 483 g/mol. The maximum Gasteiger partial charge on any atom is 0.411 e. The van der Waals surface area contributed by atoms with Crippen molar-refractivity contribution in [3.05, 3.63) is 64.8 Å². The second kappa shape index (κ2) is 10.1. The fraction of sp³-hybridized carbons (Fsp3) is 0.333. The second-order valence-electron chi connectivity index (χ2n) is 7.88. The first kappa shape index (κ1) is 21.6. The van der Waals surface area contributed by atoms with Gasteiger partial charge in [-0.05, 0) is 68.8 Å². The van der Waals surface area contributed by atoms with Gasteiger partial charge in [-0.15, -0.1) is 0 Å². The second-order valence-corrected chi connectivity index (χ2v) is 8.80. The predicted molar refractivity (Wildman–Crippen MR) is 126 cm³/mol. The van der Waals surface area contributed by atoms with Crippen molar-refractivity contribution in [1.29, 1.82) is 0 Å². The first-order valence-corrected chi connectivity index (χ1v) is 11.4. The smallest absolute Gasteiger partial charge is 0.411 e. The molecule has 3 aromatic rings. The van der Waals surface area contributed by atoms with E-state index in [9.17, 15) is 9.59 Å². The average Bonchev–Trinajstić information content (AvgIpc) is 3.25. The van der Waals surface area contributed by atoms with E-state index < -0.39 is 6.09 Å². The summed E-state index contributed by atoms with van der Waals surface area (Å²) >= 11 is 3.41. The molecule has 7 heteroatoms. The standard InChI is InChI=1S/C24H26BrN3O3/c25-20-4-2-17(3-5-20)23(29)18-9-13-28(14-10-18)12-1-15-31-24(30)27-21-6-7-22-19(16-21)8-11-26-22/h2-8,11,16,18,26H,1,9-10,12-15H2,(H,27,30). The van der Waals surface area contributed by atoms with Gasteiger partial charge in [0.05, 0.1) is 6.61 Å². The number of halogens is 1. The zero-order valence-electron chi connectivity index (χ0n) is 17.3. The summed E-state index contributed by atoms with van der Waals surface area (Å²) in [5, 5.41) is 3.81. The van der Waals surface area contributed by atoms with Gasteiger partial charge in [0.1, 0.15) is 0 Å². The van der Waals surface area contributed by atoms with Crippen molar-refractivity contribution in [2.75, 3.05) is 31.6 Å². The van der Waals surface area contributed by atoms with E-state index in [1.165, 1.54) is 0 Å². The highest BCUT2D eigenvalue weighted by Gasteiger charge is 2.25. The summed E-state index contributed by atoms with van der Waals surface area (Å²) in [4.78, 5) is 30.1. The van der Waals surface area contributed by atoms with Crippen molar-refractivity contribution >= 4 is 44.4 Å². The zero-order chi connectivity index (χ0) is 21.6. The molecular formula is C24H26BrN3O3. The molecule has 4 rings (SSSR count). The molecule has 1 aliphatic rings. The van der Waals surface area contributed by atoms with Gasteiger partial charge in [0.15, 0.2) is 5.78 Å². The highest BCUT2D eigenvalue weighted by molar-refractivity contribution is 9.10. The molecule has 0 unspecified atom stereocenters. The Morgan fingerprint density at radius 1 is 1.10 bits per heavy atom. The van der Waals surface area contributed by atoms with Crippen molar-refractivity contribution in [1.82, 2.24) is 9.88 Å². The molecule has 1 aliphatic heterocycles. The van der Waals surface area contributed by atoms with Gasteiger partial charge < -0.3 is 14.6 Å². The summed E-state index contributed by atoms with van der Waals surface area (Å²) in [7, 11) is 0. The summed E-state index contributed by atoms with van der Waals surface area (Å²) in [6.07, 6.45) is 3.95. The number of nitrogens with zero attached hydrogens (tertiary/aromatic N) is 1. The zero-order valence-corrected chi connectivity index (χ0v) is 18.9. The van der Waals surface area contributed by atoms with Crippen LogP contribution < -0.4 is 5.32 Å². The van der Waals surface area contributed by atoms with Crippen LogP contribution in [0.15, 0.2) is 59.2 Å². The van der Waals surface area contributed by atoms with Crippen LogP contribution in [0, 0.1) is 5.92 Å². The van der Waals surface area contributed by atoms with E-state index in [-0.39, 0.29) is 11.7 Å². The fourth-order valence-corrected chi connectivity index (χ4v) is 4.27. The van der Waals surface area contributed by atoms with E-state index in [2.05, 4.69) is 31.1 Å². The number of rotatable bonds is 7. The number of H-pyrrole nitrogens is 1. The Morgan fingerprint density at radius 2 is 1.87 bits per heavy atom. The van der Waals surface area contributed by atoms with E-state index in [4.69, 9.17) is 4.74 Å². The van der Waals surface area contributed by atoms with E-state index in [1.807, 2.05) is 54.7 Å². The molecule has 0 bridgehead atoms. The van der Waals surface area contributed by atoms with E-state index in [0.29, 0.717) is 6.61 Å². The summed E-state index contributed by atoms with van der Waals surface area (Å²) in [6.45, 7) is 3.03. The molecule has 0 atom stereocenters. The van der Waals surface area contributed by atoms with Gasteiger partial charge in [-0.1, -0.05) is 28.1 Å². The Hall–Kier alpha value is -2.64. The van der Waals surface area contributed by atoms with Crippen LogP contribution in [-0.2, 0) is 4.74 Å². The average molecular weight is 484 g/mol. The van der Waals surface area contributed by atoms with Crippen molar-refractivity contribution in [2.24, 2.45) is 5.92 Å². The third-order valence-electron chi connectivity index (χ3n) is 5.74. The number of anilines is 1. The third kappa shape index (κ3) is 5.74. The number of carbonyl (C=O) groups is 2. The molecule has 2 aromatic carbocycles. The normalized spacial score (nSPS) is 15.1. The molecule has 6 nitrogen and oxygen atoms in total. The number of fused-ring (bicyclic) bond motifs is 1. The lowest BCUT2D eigenvalue weighted by molar-refractivity contribution is 0.0830. The highest BCUT2D eigenvalue weighted by atomic mass is 79.9. The molecule has 31 heavy (non-hydrogen) atoms. The minimum absolute atomic E-state index is 0.0943. The largest absolute Gasteiger partial charge is 0.449 e. The maximum absolute atomic E-state index is 12.7. The SMILES string of the molecule is O=C(Nc1ccc2[nH]ccc2c1)OCCCN1CCC(C(=O)c2ccc(Br)cc2)CC1. The number of nitrogens with one attached hydrogen (secondary N) is 2. The van der Waals surface area contributed by atoms with E-state index >= 15 is 0 Å². The van der Waals surface area contributed by atoms with Gasteiger partial charge in [0.2, 0.25) is 0 Å². The molecule has 1 saturated heterocycles. The Balaban J connectivity index is 1.13. The van der Waals surface area contributed by atoms with Crippen LogP contribution in [0.1, 0.15) is 29.6 Å². The lowest BCUT2D eigenvalue weighted by Crippen LogP contribution is -2.37. The first-order chi connectivity index (χ1) is 15.1. The number of hydrogen-bond donors (Lipinski definition) is 2. The summed E-state index contributed by atoms with van der Waals surface area (Å²) in [6, 6.07) is 15.2. The van der Waals surface area contributed by atoms with Gasteiger partial charge >= 0.3 is 6.09 Å². The number of ketones is 1. The van der Waals surface area contributed by atoms with Crippen LogP contribution in [0.2, 0.25) is 0 Å². The van der Waals surface area contributed by atoms with Crippen LogP contribution in [0.5, 0.6) is 0 Å². The maximum atomic E-state index is 12.7. The number of amides is 1.